The first-order valence-corrected chi connectivity index (χ1v) is 7.11. The van der Waals surface area contributed by atoms with Crippen LogP contribution in [0.5, 0.6) is 0 Å². The number of hydrogen-bond acceptors (Lipinski definition) is 3. The summed E-state index contributed by atoms with van der Waals surface area (Å²) in [6.45, 7) is 14.6. The summed E-state index contributed by atoms with van der Waals surface area (Å²) in [5.41, 5.74) is 0.0166. The molecule has 2 N–H and O–H groups in total. The standard InChI is InChI=1S/C12H23N3O2.C2H6/c1-9(2)15-6-5-10(12(3,4)7-15)14-11(17)13-8-16;1-2/h8-10H,5-7H2,1-4H3,(H2,13,14,16,17);1-2H3. The molecule has 1 aliphatic heterocycles. The molecule has 3 amide bonds. The zero-order valence-corrected chi connectivity index (χ0v) is 13.1. The van der Waals surface area contributed by atoms with Crippen molar-refractivity contribution in [2.24, 2.45) is 5.41 Å². The van der Waals surface area contributed by atoms with Crippen LogP contribution in [-0.2, 0) is 4.79 Å². The molecule has 1 heterocycles. The van der Waals surface area contributed by atoms with Gasteiger partial charge in [-0.3, -0.25) is 10.1 Å². The van der Waals surface area contributed by atoms with Crippen LogP contribution in [0.4, 0.5) is 4.79 Å². The average molecular weight is 271 g/mol. The van der Waals surface area contributed by atoms with Gasteiger partial charge in [-0.1, -0.05) is 27.7 Å². The maximum Gasteiger partial charge on any atom is 0.321 e. The van der Waals surface area contributed by atoms with Gasteiger partial charge in [0.2, 0.25) is 6.41 Å². The third-order valence-corrected chi connectivity index (χ3v) is 3.48. The summed E-state index contributed by atoms with van der Waals surface area (Å²) >= 11 is 0. The zero-order chi connectivity index (χ0) is 15.1. The summed E-state index contributed by atoms with van der Waals surface area (Å²) in [6, 6.07) is 0.229. The first kappa shape index (κ1) is 17.9. The molecule has 0 bridgehead atoms. The molecule has 1 saturated heterocycles. The Morgan fingerprint density at radius 2 is 1.95 bits per heavy atom. The van der Waals surface area contributed by atoms with Crippen LogP contribution in [0.2, 0.25) is 0 Å². The molecular formula is C14H29N3O2. The normalized spacial score (nSPS) is 22.2. The van der Waals surface area contributed by atoms with Gasteiger partial charge in [0.1, 0.15) is 0 Å². The van der Waals surface area contributed by atoms with E-state index in [1.807, 2.05) is 13.8 Å². The molecule has 0 spiro atoms. The van der Waals surface area contributed by atoms with Gasteiger partial charge in [0, 0.05) is 25.2 Å². The predicted molar refractivity (Wildman–Crippen MR) is 78.0 cm³/mol. The molecular weight excluding hydrogens is 242 g/mol. The minimum Gasteiger partial charge on any atom is -0.334 e. The van der Waals surface area contributed by atoms with Gasteiger partial charge in [-0.15, -0.1) is 0 Å². The number of piperidine rings is 1. The molecule has 1 fully saturated rings. The molecule has 1 aliphatic rings. The molecule has 1 unspecified atom stereocenters. The molecule has 19 heavy (non-hydrogen) atoms. The smallest absolute Gasteiger partial charge is 0.321 e. The topological polar surface area (TPSA) is 61.4 Å². The molecule has 0 saturated carbocycles. The van der Waals surface area contributed by atoms with Crippen molar-refractivity contribution in [3.8, 4) is 0 Å². The number of amides is 3. The third kappa shape index (κ3) is 5.59. The lowest BCUT2D eigenvalue weighted by Crippen LogP contribution is -2.58. The molecule has 5 heteroatoms. The van der Waals surface area contributed by atoms with E-state index < -0.39 is 6.03 Å². The van der Waals surface area contributed by atoms with Crippen molar-refractivity contribution in [2.45, 2.75) is 60.0 Å². The summed E-state index contributed by atoms with van der Waals surface area (Å²) in [5.74, 6) is 0. The number of nitrogens with zero attached hydrogens (tertiary/aromatic N) is 1. The lowest BCUT2D eigenvalue weighted by Gasteiger charge is -2.45. The van der Waals surface area contributed by atoms with Crippen molar-refractivity contribution in [2.75, 3.05) is 13.1 Å². The lowest BCUT2D eigenvalue weighted by atomic mass is 9.78. The van der Waals surface area contributed by atoms with Gasteiger partial charge in [-0.25, -0.2) is 4.79 Å². The Morgan fingerprint density at radius 1 is 1.37 bits per heavy atom. The monoisotopic (exact) mass is 271 g/mol. The lowest BCUT2D eigenvalue weighted by molar-refractivity contribution is -0.108. The second-order valence-corrected chi connectivity index (χ2v) is 5.63. The fraction of sp³-hybridized carbons (Fsp3) is 0.857. The van der Waals surface area contributed by atoms with Gasteiger partial charge in [-0.2, -0.15) is 0 Å². The van der Waals surface area contributed by atoms with Crippen molar-refractivity contribution in [3.63, 3.8) is 0 Å². The molecule has 1 rings (SSSR count). The molecule has 0 aromatic rings. The number of hydrogen-bond donors (Lipinski definition) is 2. The SMILES string of the molecule is CC.CC(C)N1CCC(NC(=O)NC=O)C(C)(C)C1. The van der Waals surface area contributed by atoms with Crippen LogP contribution < -0.4 is 10.6 Å². The van der Waals surface area contributed by atoms with E-state index in [0.717, 1.165) is 19.5 Å². The zero-order valence-electron chi connectivity index (χ0n) is 13.1. The van der Waals surface area contributed by atoms with E-state index >= 15 is 0 Å². The van der Waals surface area contributed by atoms with Gasteiger partial charge < -0.3 is 10.2 Å². The summed E-state index contributed by atoms with van der Waals surface area (Å²) in [6.07, 6.45) is 1.32. The van der Waals surface area contributed by atoms with E-state index in [-0.39, 0.29) is 11.5 Å². The first-order chi connectivity index (χ1) is 8.86. The summed E-state index contributed by atoms with van der Waals surface area (Å²) in [5, 5.41) is 4.98. The number of rotatable bonds is 3. The van der Waals surface area contributed by atoms with E-state index in [2.05, 4.69) is 43.2 Å². The van der Waals surface area contributed by atoms with E-state index in [9.17, 15) is 9.59 Å². The first-order valence-electron chi connectivity index (χ1n) is 7.11. The van der Waals surface area contributed by atoms with Crippen molar-refractivity contribution in [1.29, 1.82) is 0 Å². The highest BCUT2D eigenvalue weighted by Gasteiger charge is 2.37. The highest BCUT2D eigenvalue weighted by Crippen LogP contribution is 2.30. The molecule has 0 aliphatic carbocycles. The van der Waals surface area contributed by atoms with E-state index in [0.29, 0.717) is 12.5 Å². The summed E-state index contributed by atoms with van der Waals surface area (Å²) < 4.78 is 0. The second kappa shape index (κ2) is 8.15. The van der Waals surface area contributed by atoms with Crippen LogP contribution >= 0.6 is 0 Å². The molecule has 112 valence electrons. The minimum absolute atomic E-state index is 0.0166. The van der Waals surface area contributed by atoms with Crippen LogP contribution in [0.15, 0.2) is 0 Å². The Kier molecular flexibility index (Phi) is 7.68. The van der Waals surface area contributed by atoms with Crippen molar-refractivity contribution >= 4 is 12.4 Å². The van der Waals surface area contributed by atoms with Crippen LogP contribution in [0, 0.1) is 5.41 Å². The van der Waals surface area contributed by atoms with Gasteiger partial charge in [0.25, 0.3) is 0 Å². The van der Waals surface area contributed by atoms with Crippen LogP contribution in [0.1, 0.15) is 48.0 Å². The maximum atomic E-state index is 11.3. The van der Waals surface area contributed by atoms with Crippen molar-refractivity contribution in [3.05, 3.63) is 0 Å². The Hall–Kier alpha value is -1.10. The largest absolute Gasteiger partial charge is 0.334 e. The average Bonchev–Trinajstić information content (AvgIpc) is 2.34. The van der Waals surface area contributed by atoms with Gasteiger partial charge >= 0.3 is 6.03 Å². The van der Waals surface area contributed by atoms with Crippen molar-refractivity contribution < 1.29 is 9.59 Å². The number of imide groups is 1. The van der Waals surface area contributed by atoms with Gasteiger partial charge in [-0.05, 0) is 25.7 Å². The number of carbonyl (C=O) groups is 2. The number of urea groups is 1. The molecule has 0 aromatic heterocycles. The predicted octanol–water partition coefficient (Wildman–Crippen LogP) is 1.98. The Bertz CT molecular complexity index is 290. The molecule has 0 aromatic carbocycles. The quantitative estimate of drug-likeness (QED) is 0.772. The summed E-state index contributed by atoms with van der Waals surface area (Å²) in [4.78, 5) is 23.9. The molecule has 1 atom stereocenters. The van der Waals surface area contributed by atoms with Gasteiger partial charge in [0.05, 0.1) is 0 Å². The number of carbonyl (C=O) groups excluding carboxylic acids is 2. The van der Waals surface area contributed by atoms with Crippen LogP contribution in [0.25, 0.3) is 0 Å². The van der Waals surface area contributed by atoms with Gasteiger partial charge in [0.15, 0.2) is 0 Å². The fourth-order valence-corrected chi connectivity index (χ4v) is 2.36. The maximum absolute atomic E-state index is 11.3. The highest BCUT2D eigenvalue weighted by atomic mass is 16.2. The number of nitrogens with one attached hydrogen (secondary N) is 2. The molecule has 0 radical (unpaired) electrons. The van der Waals surface area contributed by atoms with E-state index in [4.69, 9.17) is 0 Å². The minimum atomic E-state index is -0.406. The van der Waals surface area contributed by atoms with E-state index in [1.165, 1.54) is 0 Å². The highest BCUT2D eigenvalue weighted by molar-refractivity contribution is 5.84. The van der Waals surface area contributed by atoms with Crippen LogP contribution in [0.3, 0.4) is 0 Å². The van der Waals surface area contributed by atoms with Crippen LogP contribution in [-0.4, -0.2) is 42.5 Å². The fourth-order valence-electron chi connectivity index (χ4n) is 2.36. The van der Waals surface area contributed by atoms with Crippen molar-refractivity contribution in [1.82, 2.24) is 15.5 Å². The third-order valence-electron chi connectivity index (χ3n) is 3.48. The second-order valence-electron chi connectivity index (χ2n) is 5.63. The van der Waals surface area contributed by atoms with E-state index in [1.54, 1.807) is 0 Å². The Balaban J connectivity index is 0.00000154. The summed E-state index contributed by atoms with van der Waals surface area (Å²) in [7, 11) is 0. The number of likely N-dealkylation sites (tertiary alicyclic amines) is 1. The Labute approximate surface area is 117 Å². The molecule has 5 nitrogen and oxygen atoms in total. The Morgan fingerprint density at radius 3 is 2.37 bits per heavy atom.